The van der Waals surface area contributed by atoms with Gasteiger partial charge in [0.25, 0.3) is 11.8 Å². The SMILES string of the molecule is C=CCCC[C@@H]1C[C@H]1OC(=O)C[C@H](C(=O)N1C[C@H](Oc2nc3cc(OC)ccc3nc2C=C)[C@@H](C)[C@H]1C(=O)OC(C)(C)C)C1(C)CCCC1.C=CCCC[C@@H]1C[C@H]1OC(=O)C[C@H](C(=O)N1C[C@H](Oc2nc3cc(OC)ccc3nc2Cl)[C@@H](C)[C@H]1C(=O)OC(C)(C)C)C1(C)CCCC1.C=CCCC[C@@H]1C[C@H]1OC(=O)C[C@H](C(=O)O)C1(C)CCCC1.COc1ccc2nc(Cl)c(O[C@H]3CN[C@H](C(=O)OC(C)(C)C)[C@@H]3C)nc2c1.[2H][2H].[2H][2H].[2H][2H].[2H][2H].[2H][2H].[2H][2H].[2H][2H]. The van der Waals surface area contributed by atoms with Gasteiger partial charge in [-0.15, -0.1) is 19.7 Å². The highest BCUT2D eigenvalue weighted by Crippen LogP contribution is 2.53. The molecule has 2 amide bonds. The number of ether oxygens (including phenoxy) is 12. The highest BCUT2D eigenvalue weighted by atomic mass is 35.5. The van der Waals surface area contributed by atoms with E-state index in [1.54, 1.807) is 121 Å². The number of aliphatic carboxylic acids is 1. The fourth-order valence-electron chi connectivity index (χ4n) is 21.5. The highest BCUT2D eigenvalue weighted by molar-refractivity contribution is 6.31. The molecule has 15 rings (SSSR count). The molecule has 33 heteroatoms. The molecule has 6 heterocycles. The van der Waals surface area contributed by atoms with Gasteiger partial charge in [-0.2, -0.15) is 0 Å². The van der Waals surface area contributed by atoms with Crippen molar-refractivity contribution in [1.29, 1.82) is 0 Å². The van der Waals surface area contributed by atoms with Gasteiger partial charge in [0.1, 0.15) is 94.5 Å². The van der Waals surface area contributed by atoms with Crippen LogP contribution in [0.15, 0.2) is 99.1 Å². The number of aromatic nitrogens is 6. The van der Waals surface area contributed by atoms with E-state index in [-0.39, 0.29) is 132 Å². The highest BCUT2D eigenvalue weighted by Gasteiger charge is 2.57. The lowest BCUT2D eigenvalue weighted by Crippen LogP contribution is -2.50. The van der Waals surface area contributed by atoms with E-state index in [0.717, 1.165) is 154 Å². The summed E-state index contributed by atoms with van der Waals surface area (Å²) < 4.78 is 139. The predicted octanol–water partition coefficient (Wildman–Crippen LogP) is 22.9. The second kappa shape index (κ2) is 49.6. The number of unbranched alkanes of at least 4 members (excludes halogenated alkanes) is 3. The number of allylic oxidation sites excluding steroid dienone is 3. The van der Waals surface area contributed by atoms with Crippen LogP contribution in [0.5, 0.6) is 34.9 Å². The quantitative estimate of drug-likeness (QED) is 0.0156. The van der Waals surface area contributed by atoms with E-state index in [1.165, 1.54) is 0 Å². The van der Waals surface area contributed by atoms with Crippen molar-refractivity contribution in [1.82, 2.24) is 45.0 Å². The van der Waals surface area contributed by atoms with Crippen LogP contribution in [0.25, 0.3) is 39.2 Å². The second-order valence-electron chi connectivity index (χ2n) is 45.1. The average Bonchev–Trinajstić information content (AvgIpc) is 1.61. The maximum Gasteiger partial charge on any atom is 0.329 e. The number of carbonyl (C=O) groups is 9. The molecule has 146 heavy (non-hydrogen) atoms. The monoisotopic (exact) mass is 2090 g/mol. The topological polar surface area (TPSA) is 380 Å². The zero-order chi connectivity index (χ0) is 120. The smallest absolute Gasteiger partial charge is 0.329 e. The molecule has 31 nitrogen and oxygen atoms in total. The molecule has 2 N–H and O–H groups in total. The Balaban J connectivity index is 0.000000375. The van der Waals surface area contributed by atoms with Crippen molar-refractivity contribution in [3.05, 3.63) is 115 Å². The van der Waals surface area contributed by atoms with Gasteiger partial charge >= 0.3 is 41.8 Å². The van der Waals surface area contributed by atoms with Crippen LogP contribution in [0, 0.1) is 69.5 Å². The molecule has 6 saturated carbocycles. The lowest BCUT2D eigenvalue weighted by molar-refractivity contribution is -0.167. The molecule has 18 atom stereocenters. The number of halogens is 2. The molecule has 0 radical (unpaired) electrons. The number of carboxylic acids is 1. The van der Waals surface area contributed by atoms with E-state index in [0.29, 0.717) is 80.3 Å². The number of amides is 2. The Hall–Kier alpha value is -10.8. The van der Waals surface area contributed by atoms with E-state index >= 15 is 0 Å². The van der Waals surface area contributed by atoms with E-state index in [4.69, 9.17) is 106 Å². The second-order valence-corrected chi connectivity index (χ2v) is 45.9. The first-order valence-corrected chi connectivity index (χ1v) is 53.1. The number of likely N-dealkylation sites (tertiary alicyclic amines) is 2. The molecule has 9 fully saturated rings. The fraction of sp³-hybridized carbons (Fsp3) is 0.637. The van der Waals surface area contributed by atoms with Crippen molar-refractivity contribution < 1.29 is 126 Å². The molecule has 6 aromatic rings. The van der Waals surface area contributed by atoms with Crippen LogP contribution in [0.3, 0.4) is 0 Å². The molecule has 6 aliphatic carbocycles. The maximum atomic E-state index is 14.8. The molecular formula is C113H169Cl2N9O22. The number of carboxylic acid groups (broad SMARTS) is 1. The number of hydrogen-bond donors (Lipinski definition) is 2. The number of fused-ring (bicyclic) bond motifs is 3. The Labute approximate surface area is 891 Å². The van der Waals surface area contributed by atoms with Crippen LogP contribution in [0.1, 0.15) is 304 Å². The minimum atomic E-state index is -0.935. The molecule has 0 unspecified atom stereocenters. The maximum absolute atomic E-state index is 14.8. The van der Waals surface area contributed by atoms with Gasteiger partial charge in [0, 0.05) is 63.3 Å². The Morgan fingerprint density at radius 3 is 1.11 bits per heavy atom. The lowest BCUT2D eigenvalue weighted by atomic mass is 9.73. The number of esters is 6. The summed E-state index contributed by atoms with van der Waals surface area (Å²) in [7, 11) is 4.74. The molecule has 9 aliphatic rings. The van der Waals surface area contributed by atoms with Crippen LogP contribution >= 0.6 is 23.2 Å². The van der Waals surface area contributed by atoms with Gasteiger partial charge in [-0.25, -0.2) is 39.5 Å². The van der Waals surface area contributed by atoms with Crippen molar-refractivity contribution >= 4 is 116 Å². The number of benzene rings is 3. The summed E-state index contributed by atoms with van der Waals surface area (Å²) in [4.78, 5) is 150. The predicted molar refractivity (Wildman–Crippen MR) is 572 cm³/mol. The Morgan fingerprint density at radius 2 is 0.774 bits per heavy atom. The standard InChI is InChI=1S/C39H53N3O7.C37H50ClN3O7.C19H24ClN3O4.C18H28O4.7H2/c1-9-11-12-15-25-20-31(25)47-33(43)22-27(39(7)18-13-14-19-39)36(44)42-23-32(24(3)34(42)37(45)49-38(4,5)6)48-35-28(10-2)40-29-17-16-26(46-8)21-30(29)41-35;1-8-9-10-13-23-18-28(23)46-30(42)20-25(37(6)16-11-12-17-37)34(43)41-21-29(22(2)31(41)35(44)48-36(3,4)5)47-33-32(38)39-26-15-14-24(45-7)19-27(26)40-33;1-10-14(9-21-15(10)18(24)27-19(2,3)4)26-17-16(20)22-12-7-6-11(25-5)8-13(12)23-17;1-3-4-5-8-13-11-15(13)22-16(19)12-14(17(20)21)18(2)9-6-7-10-18;;;;;;;/h9-10,16-17,21,24-25,27,31-32,34H,1-2,11-15,18-20,22-23H2,3-8H3;8,14-15,19,22-23,25,28-29,31H,1,9-13,16-18,20-21H2,2-7H3;6-8,10,14-15,21H,9H2,1-5H3;3,13-15H,1,4-12H2,2H3,(H,20,21);7*1H/t24-,25-,27-,31-,32+,34+;22-,23-,25-,28-,29+,31+;10-,14+,15+;13-,14-,15-;;;;;;;/m1111......./s1/i;;;;7*1+1D. The van der Waals surface area contributed by atoms with Crippen molar-refractivity contribution in [3.8, 4) is 34.9 Å². The largest absolute Gasteiger partial charge is 0.497 e. The van der Waals surface area contributed by atoms with Crippen LogP contribution in [0.2, 0.25) is 10.3 Å². The molecule has 812 valence electrons. The normalized spacial score (nSPS) is 25.4. The number of nitrogens with one attached hydrogen (secondary N) is 1. The molecule has 0 spiro atoms. The van der Waals surface area contributed by atoms with Crippen molar-refractivity contribution in [2.24, 2.45) is 69.5 Å². The summed E-state index contributed by atoms with van der Waals surface area (Å²) in [5.41, 5.74) is 0.916. The zero-order valence-electron chi connectivity index (χ0n) is 103. The molecule has 3 aromatic carbocycles. The van der Waals surface area contributed by atoms with Gasteiger partial charge < -0.3 is 77.1 Å². The van der Waals surface area contributed by atoms with E-state index < -0.39 is 105 Å². The Kier molecular flexibility index (Phi) is 35.2. The van der Waals surface area contributed by atoms with Crippen LogP contribution < -0.4 is 33.7 Å². The number of rotatable bonds is 40. The number of carbonyl (C=O) groups excluding carboxylic acids is 8. The van der Waals surface area contributed by atoms with Crippen molar-refractivity contribution in [2.45, 2.75) is 349 Å². The van der Waals surface area contributed by atoms with Gasteiger partial charge in [-0.05, 0) is 254 Å². The van der Waals surface area contributed by atoms with Gasteiger partial charge in [-0.3, -0.25) is 33.6 Å². The number of nitrogens with zero attached hydrogens (tertiary/aromatic N) is 8. The van der Waals surface area contributed by atoms with Gasteiger partial charge in [0.05, 0.1) is 105 Å². The summed E-state index contributed by atoms with van der Waals surface area (Å²) in [5, 5.41) is 12.9. The number of hydrogen-bond acceptors (Lipinski definition) is 28. The minimum Gasteiger partial charge on any atom is -0.497 e. The van der Waals surface area contributed by atoms with Gasteiger partial charge in [-0.1, -0.05) is 128 Å². The molecule has 3 aliphatic heterocycles. The van der Waals surface area contributed by atoms with E-state index in [2.05, 4.69) is 70.4 Å². The summed E-state index contributed by atoms with van der Waals surface area (Å²) in [6.07, 6.45) is 28.4. The first kappa shape index (κ1) is 104. The first-order chi connectivity index (χ1) is 76.1. The summed E-state index contributed by atoms with van der Waals surface area (Å²) in [6, 6.07) is 13.7. The lowest BCUT2D eigenvalue weighted by Gasteiger charge is -2.37. The average molecular weight is 2090 g/mol. The Bertz CT molecular complexity index is 5710. The fourth-order valence-corrected chi connectivity index (χ4v) is 21.9. The van der Waals surface area contributed by atoms with Crippen LogP contribution in [0.4, 0.5) is 0 Å². The number of methoxy groups -OCH3 is 3. The van der Waals surface area contributed by atoms with Crippen LogP contribution in [-0.2, 0) is 71.6 Å². The van der Waals surface area contributed by atoms with Crippen LogP contribution in [-0.4, -0.2) is 211 Å². The molecule has 0 bridgehead atoms. The van der Waals surface area contributed by atoms with Gasteiger partial charge in [0.15, 0.2) is 10.3 Å². The Morgan fingerprint density at radius 1 is 0.452 bits per heavy atom. The van der Waals surface area contributed by atoms with Crippen molar-refractivity contribution in [3.63, 3.8) is 0 Å². The van der Waals surface area contributed by atoms with Crippen molar-refractivity contribution in [2.75, 3.05) is 41.0 Å². The summed E-state index contributed by atoms with van der Waals surface area (Å²) >= 11 is 12.8. The van der Waals surface area contributed by atoms with Gasteiger partial charge in [0.2, 0.25) is 17.7 Å². The third-order valence-electron chi connectivity index (χ3n) is 30.4. The third kappa shape index (κ3) is 30.1. The summed E-state index contributed by atoms with van der Waals surface area (Å²) in [6.45, 7) is 44.1. The minimum absolute atomic E-state index is 0.0156. The molecule has 3 saturated heterocycles. The third-order valence-corrected chi connectivity index (χ3v) is 30.8. The van der Waals surface area contributed by atoms with E-state index in [9.17, 15) is 48.3 Å². The zero-order valence-corrected chi connectivity index (χ0v) is 90.3. The summed E-state index contributed by atoms with van der Waals surface area (Å²) in [5.74, 6) is -2.99. The van der Waals surface area contributed by atoms with E-state index in [1.807, 2.05) is 78.8 Å². The molecule has 3 aromatic heterocycles. The first-order valence-electron chi connectivity index (χ1n) is 59.3. The molecular weight excluding hydrogens is 1910 g/mol.